The monoisotopic (exact) mass is 596 g/mol. The zero-order chi connectivity index (χ0) is 30.2. The van der Waals surface area contributed by atoms with E-state index >= 15 is 0 Å². The summed E-state index contributed by atoms with van der Waals surface area (Å²) in [5.41, 5.74) is 3.97. The molecular weight excluding hydrogens is 564 g/mol. The van der Waals surface area contributed by atoms with E-state index in [9.17, 15) is 22.8 Å². The predicted molar refractivity (Wildman–Crippen MR) is 155 cm³/mol. The predicted octanol–water partition coefficient (Wildman–Crippen LogP) is 2.38. The van der Waals surface area contributed by atoms with E-state index in [0.717, 1.165) is 4.57 Å². The Kier molecular flexibility index (Phi) is 7.82. The molecule has 2 aromatic heterocycles. The maximum atomic E-state index is 14.1. The molecule has 0 saturated carbocycles. The average Bonchev–Trinajstić information content (AvgIpc) is 3.50. The van der Waals surface area contributed by atoms with E-state index in [4.69, 9.17) is 19.6 Å². The molecule has 1 amide bonds. The van der Waals surface area contributed by atoms with Crippen LogP contribution < -0.4 is 21.7 Å². The Morgan fingerprint density at radius 3 is 2.52 bits per heavy atom. The maximum Gasteiger partial charge on any atom is 0.332 e. The standard InChI is InChI=1S/C29H32N4O8S/c1-29(2,27(30)35)33-26(34)21-16-18(25-31-12-13-40-25)8-9-22(21)32(28(33)36)17-24(20-6-4-5-7-23(20)39-3)41-19-10-14-42(37,38)15-11-19/h4-9,12-13,16,19,24H,10-11,14-15,17H2,1-3H3,(H2,30,35)/t24-/m0/s1. The van der Waals surface area contributed by atoms with Crippen molar-refractivity contribution in [3.8, 4) is 17.2 Å². The van der Waals surface area contributed by atoms with Crippen LogP contribution in [0.5, 0.6) is 5.75 Å². The zero-order valence-corrected chi connectivity index (χ0v) is 24.3. The van der Waals surface area contributed by atoms with Gasteiger partial charge in [-0.3, -0.25) is 14.2 Å². The number of carbonyl (C=O) groups excluding carboxylic acids is 1. The Balaban J connectivity index is 1.71. The van der Waals surface area contributed by atoms with E-state index in [-0.39, 0.29) is 29.3 Å². The van der Waals surface area contributed by atoms with Crippen LogP contribution in [0.3, 0.4) is 0 Å². The first-order valence-electron chi connectivity index (χ1n) is 13.4. The second kappa shape index (κ2) is 11.2. The second-order valence-electron chi connectivity index (χ2n) is 10.7. The largest absolute Gasteiger partial charge is 0.496 e. The van der Waals surface area contributed by atoms with Gasteiger partial charge in [-0.25, -0.2) is 22.8 Å². The van der Waals surface area contributed by atoms with Gasteiger partial charge in [0.2, 0.25) is 11.8 Å². The number of hydrogen-bond donors (Lipinski definition) is 1. The van der Waals surface area contributed by atoms with Crippen molar-refractivity contribution in [3.05, 3.63) is 81.3 Å². The number of nitrogens with two attached hydrogens (primary N) is 1. The Morgan fingerprint density at radius 1 is 1.17 bits per heavy atom. The molecule has 0 aliphatic carbocycles. The molecular formula is C29H32N4O8S. The summed E-state index contributed by atoms with van der Waals surface area (Å²) >= 11 is 0. The minimum absolute atomic E-state index is 0.000458. The highest BCUT2D eigenvalue weighted by Crippen LogP contribution is 2.33. The van der Waals surface area contributed by atoms with Crippen LogP contribution in [0.2, 0.25) is 0 Å². The Bertz CT molecular complexity index is 1840. The number of methoxy groups -OCH3 is 1. The van der Waals surface area contributed by atoms with E-state index < -0.39 is 44.7 Å². The third kappa shape index (κ3) is 5.49. The lowest BCUT2D eigenvalue weighted by Crippen LogP contribution is -2.54. The molecule has 13 heteroatoms. The highest BCUT2D eigenvalue weighted by molar-refractivity contribution is 7.91. The number of ether oxygens (including phenoxy) is 2. The van der Waals surface area contributed by atoms with Crippen LogP contribution in [0.15, 0.2) is 68.9 Å². The van der Waals surface area contributed by atoms with Gasteiger partial charge in [0.15, 0.2) is 9.84 Å². The molecule has 1 saturated heterocycles. The van der Waals surface area contributed by atoms with Crippen molar-refractivity contribution in [2.24, 2.45) is 5.73 Å². The van der Waals surface area contributed by atoms with Crippen LogP contribution in [0.25, 0.3) is 22.4 Å². The number of oxazole rings is 1. The van der Waals surface area contributed by atoms with Gasteiger partial charge in [-0.2, -0.15) is 0 Å². The van der Waals surface area contributed by atoms with Crippen molar-refractivity contribution in [1.29, 1.82) is 0 Å². The summed E-state index contributed by atoms with van der Waals surface area (Å²) in [6.45, 7) is 2.73. The summed E-state index contributed by atoms with van der Waals surface area (Å²) in [7, 11) is -1.62. The lowest BCUT2D eigenvalue weighted by atomic mass is 10.0. The fourth-order valence-electron chi connectivity index (χ4n) is 5.20. The Labute approximate surface area is 241 Å². The van der Waals surface area contributed by atoms with Gasteiger partial charge < -0.3 is 19.6 Å². The molecule has 3 heterocycles. The quantitative estimate of drug-likeness (QED) is 0.305. The number of carbonyl (C=O) groups is 1. The molecule has 1 fully saturated rings. The number of benzene rings is 2. The second-order valence-corrected chi connectivity index (χ2v) is 13.0. The Hall–Kier alpha value is -4.23. The van der Waals surface area contributed by atoms with Crippen LogP contribution in [0.1, 0.15) is 38.4 Å². The van der Waals surface area contributed by atoms with Gasteiger partial charge >= 0.3 is 5.69 Å². The van der Waals surface area contributed by atoms with Crippen molar-refractivity contribution in [2.75, 3.05) is 18.6 Å². The van der Waals surface area contributed by atoms with E-state index in [2.05, 4.69) is 4.98 Å². The first-order valence-corrected chi connectivity index (χ1v) is 15.2. The number of fused-ring (bicyclic) bond motifs is 1. The van der Waals surface area contributed by atoms with Crippen LogP contribution in [0.4, 0.5) is 0 Å². The van der Waals surface area contributed by atoms with Crippen LogP contribution in [-0.2, 0) is 31.5 Å². The summed E-state index contributed by atoms with van der Waals surface area (Å²) in [5, 5.41) is 0.141. The van der Waals surface area contributed by atoms with Gasteiger partial charge in [-0.1, -0.05) is 18.2 Å². The van der Waals surface area contributed by atoms with Gasteiger partial charge in [0, 0.05) is 11.1 Å². The summed E-state index contributed by atoms with van der Waals surface area (Å²) in [4.78, 5) is 44.5. The van der Waals surface area contributed by atoms with Crippen molar-refractivity contribution < 1.29 is 27.1 Å². The number of nitrogens with zero attached hydrogens (tertiary/aromatic N) is 3. The third-order valence-electron chi connectivity index (χ3n) is 7.68. The lowest BCUT2D eigenvalue weighted by Gasteiger charge is -2.30. The molecule has 2 aromatic carbocycles. The van der Waals surface area contributed by atoms with Crippen molar-refractivity contribution >= 4 is 26.6 Å². The number of para-hydroxylation sites is 1. The third-order valence-corrected chi connectivity index (χ3v) is 9.39. The smallest absolute Gasteiger partial charge is 0.332 e. The van der Waals surface area contributed by atoms with Crippen molar-refractivity contribution in [3.63, 3.8) is 0 Å². The summed E-state index contributed by atoms with van der Waals surface area (Å²) in [6.07, 6.45) is 2.31. The van der Waals surface area contributed by atoms with Crippen molar-refractivity contribution in [2.45, 2.75) is 51.0 Å². The minimum Gasteiger partial charge on any atom is -0.496 e. The fraction of sp³-hybridized carbons (Fsp3) is 0.379. The first kappa shape index (κ1) is 29.3. The molecule has 1 aliphatic heterocycles. The lowest BCUT2D eigenvalue weighted by molar-refractivity contribution is -0.125. The van der Waals surface area contributed by atoms with E-state index in [1.807, 2.05) is 0 Å². The molecule has 12 nitrogen and oxygen atoms in total. The van der Waals surface area contributed by atoms with E-state index in [0.29, 0.717) is 35.2 Å². The van der Waals surface area contributed by atoms with Crippen LogP contribution >= 0.6 is 0 Å². The average molecular weight is 597 g/mol. The van der Waals surface area contributed by atoms with E-state index in [1.54, 1.807) is 42.5 Å². The molecule has 222 valence electrons. The number of hydrogen-bond acceptors (Lipinski definition) is 9. The van der Waals surface area contributed by atoms with Gasteiger partial charge in [0.25, 0.3) is 5.56 Å². The molecule has 1 atom stereocenters. The molecule has 4 aromatic rings. The highest BCUT2D eigenvalue weighted by atomic mass is 32.2. The van der Waals surface area contributed by atoms with Gasteiger partial charge in [-0.05, 0) is 51.0 Å². The van der Waals surface area contributed by atoms with Crippen molar-refractivity contribution in [1.82, 2.24) is 14.1 Å². The summed E-state index contributed by atoms with van der Waals surface area (Å²) in [5.74, 6) is -0.0733. The summed E-state index contributed by atoms with van der Waals surface area (Å²) < 4.78 is 43.8. The number of aromatic nitrogens is 3. The number of primary amides is 1. The zero-order valence-electron chi connectivity index (χ0n) is 23.5. The normalized spacial score (nSPS) is 16.4. The van der Waals surface area contributed by atoms with E-state index in [1.165, 1.54) is 38.0 Å². The molecule has 0 radical (unpaired) electrons. The fourth-order valence-corrected chi connectivity index (χ4v) is 6.65. The number of rotatable bonds is 9. The molecule has 1 aliphatic rings. The first-order chi connectivity index (χ1) is 19.9. The maximum absolute atomic E-state index is 14.1. The number of sulfone groups is 1. The number of amides is 1. The molecule has 0 spiro atoms. The highest BCUT2D eigenvalue weighted by Gasteiger charge is 2.34. The topological polar surface area (TPSA) is 166 Å². The molecule has 0 bridgehead atoms. The summed E-state index contributed by atoms with van der Waals surface area (Å²) in [6, 6.07) is 12.0. The molecule has 2 N–H and O–H groups in total. The minimum atomic E-state index is -3.14. The van der Waals surface area contributed by atoms with Gasteiger partial charge in [0.1, 0.15) is 23.7 Å². The van der Waals surface area contributed by atoms with Gasteiger partial charge in [-0.15, -0.1) is 0 Å². The Morgan fingerprint density at radius 2 is 1.88 bits per heavy atom. The molecule has 0 unspecified atom stereocenters. The SMILES string of the molecule is COc1ccccc1[C@H](Cn1c(=O)n(C(C)(C)C(N)=O)c(=O)c2cc(-c3ncco3)ccc21)OC1CCS(=O)(=O)CC1. The van der Waals surface area contributed by atoms with Crippen LogP contribution in [0, 0.1) is 0 Å². The van der Waals surface area contributed by atoms with Crippen LogP contribution in [-0.4, -0.2) is 53.2 Å². The molecule has 42 heavy (non-hydrogen) atoms. The molecule has 5 rings (SSSR count). The van der Waals surface area contributed by atoms with Gasteiger partial charge in [0.05, 0.1) is 48.4 Å².